The first kappa shape index (κ1) is 68.0. The largest absolute Gasteiger partial charge is 0.465 e. The van der Waals surface area contributed by atoms with E-state index in [9.17, 15) is 33.9 Å². The second kappa shape index (κ2) is 29.3. The molecular weight excluding hydrogens is 707 g/mol. The Bertz CT molecular complexity index is 1250. The van der Waals surface area contributed by atoms with Crippen molar-refractivity contribution in [3.8, 4) is 0 Å². The Morgan fingerprint density at radius 2 is 1.25 bits per heavy atom. The Hall–Kier alpha value is -3.03. The number of rotatable bonds is 21. The highest BCUT2D eigenvalue weighted by Gasteiger charge is 2.50. The van der Waals surface area contributed by atoms with Crippen LogP contribution in [-0.2, 0) is 32.9 Å². The van der Waals surface area contributed by atoms with E-state index in [2.05, 4.69) is 0 Å². The van der Waals surface area contributed by atoms with Crippen molar-refractivity contribution in [1.82, 2.24) is 0 Å². The van der Waals surface area contributed by atoms with E-state index in [0.29, 0.717) is 25.3 Å². The van der Waals surface area contributed by atoms with Crippen molar-refractivity contribution < 1.29 is 58.5 Å². The van der Waals surface area contributed by atoms with Crippen LogP contribution >= 0.6 is 7.37 Å². The Kier molecular flexibility index (Phi) is 37.7. The van der Waals surface area contributed by atoms with Crippen LogP contribution in [0.4, 0.5) is 5.69 Å². The molecule has 1 aromatic rings. The molecule has 15 heteroatoms. The van der Waals surface area contributed by atoms with Gasteiger partial charge in [-0.2, -0.15) is 0 Å². The third kappa shape index (κ3) is 20.3. The Morgan fingerprint density at radius 1 is 0.774 bits per heavy atom. The zero-order valence-corrected chi connectivity index (χ0v) is 30.3. The molecule has 0 spiro atoms. The van der Waals surface area contributed by atoms with E-state index in [1.54, 1.807) is 41.5 Å². The van der Waals surface area contributed by atoms with Gasteiger partial charge in [0.1, 0.15) is 6.61 Å². The highest BCUT2D eigenvalue weighted by Crippen LogP contribution is 2.46. The molecule has 0 aliphatic rings. The number of carbonyl (C=O) groups is 4. The van der Waals surface area contributed by atoms with Gasteiger partial charge in [-0.25, -0.2) is 0 Å². The van der Waals surface area contributed by atoms with Crippen molar-refractivity contribution >= 4 is 36.6 Å². The van der Waals surface area contributed by atoms with Crippen molar-refractivity contribution in [3.63, 3.8) is 0 Å². The number of non-ortho nitro benzene ring substituents is 1. The molecule has 0 radical (unpaired) electrons. The minimum atomic E-state index is -2.87. The average molecular weight is 788 g/mol. The quantitative estimate of drug-likeness (QED) is 0.0254. The maximum atomic E-state index is 13.6. The van der Waals surface area contributed by atoms with Crippen LogP contribution in [0.1, 0.15) is 135 Å². The summed E-state index contributed by atoms with van der Waals surface area (Å²) in [5.74, 6) is -2.78. The highest BCUT2D eigenvalue weighted by molar-refractivity contribution is 7.58. The Morgan fingerprint density at radius 3 is 1.66 bits per heavy atom. The summed E-state index contributed by atoms with van der Waals surface area (Å²) in [4.78, 5) is 65.0. The minimum absolute atomic E-state index is 0. The first-order chi connectivity index (χ1) is 20.8. The first-order valence-corrected chi connectivity index (χ1v) is 17.5. The van der Waals surface area contributed by atoms with Gasteiger partial charge >= 0.3 is 11.9 Å². The van der Waals surface area contributed by atoms with E-state index in [0.717, 1.165) is 23.5 Å². The molecule has 0 saturated carbocycles. The number of nitro benzene ring substituents is 1. The number of ketones is 2. The number of hydrogen-bond donors (Lipinski definition) is 1. The highest BCUT2D eigenvalue weighted by atomic mass is 31.2. The van der Waals surface area contributed by atoms with E-state index < -0.39 is 52.0 Å². The lowest BCUT2D eigenvalue weighted by Gasteiger charge is -2.39. The molecule has 1 aromatic carbocycles. The van der Waals surface area contributed by atoms with Gasteiger partial charge in [-0.15, -0.1) is 0 Å². The molecule has 3 atom stereocenters. The maximum absolute atomic E-state index is 13.6. The van der Waals surface area contributed by atoms with Crippen molar-refractivity contribution in [2.75, 3.05) is 46.4 Å². The fourth-order valence-electron chi connectivity index (χ4n) is 5.36. The number of esters is 2. The molecule has 14 nitrogen and oxygen atoms in total. The SMILES string of the molecule is C.C.C.C.C.C.CCCCOC(=O)C(C)(CC(C)(C)C(=O)C(=O)c1ccc([N+](=O)[O-])cc1)CC(C)(CC)C(=O)OCCOP(=O)(CC)C[NH+](C)C.O.O. The molecule has 0 aliphatic carbocycles. The van der Waals surface area contributed by atoms with Crippen molar-refractivity contribution in [3.05, 3.63) is 39.9 Å². The molecule has 0 aromatic heterocycles. The van der Waals surface area contributed by atoms with Crippen LogP contribution in [0.15, 0.2) is 24.3 Å². The van der Waals surface area contributed by atoms with Crippen molar-refractivity contribution in [2.24, 2.45) is 16.2 Å². The van der Waals surface area contributed by atoms with Gasteiger partial charge in [0.2, 0.25) is 11.6 Å². The lowest BCUT2D eigenvalue weighted by Crippen LogP contribution is -3.05. The molecule has 318 valence electrons. The normalized spacial score (nSPS) is 13.4. The third-order valence-corrected chi connectivity index (χ3v) is 10.7. The van der Waals surface area contributed by atoms with Gasteiger partial charge in [0.05, 0.1) is 43.1 Å². The number of benzene rings is 1. The van der Waals surface area contributed by atoms with E-state index >= 15 is 0 Å². The molecule has 0 saturated heterocycles. The number of ether oxygens (including phenoxy) is 2. The summed E-state index contributed by atoms with van der Waals surface area (Å²) >= 11 is 0. The summed E-state index contributed by atoms with van der Waals surface area (Å²) < 4.78 is 29.7. The number of quaternary nitrogens is 1. The fourth-order valence-corrected chi connectivity index (χ4v) is 7.23. The summed E-state index contributed by atoms with van der Waals surface area (Å²) in [5, 5.41) is 11.0. The van der Waals surface area contributed by atoms with E-state index in [-0.39, 0.29) is 99.4 Å². The number of nitrogens with zero attached hydrogens (tertiary/aromatic N) is 1. The molecule has 1 rings (SSSR count). The van der Waals surface area contributed by atoms with Gasteiger partial charge in [0, 0.05) is 29.3 Å². The van der Waals surface area contributed by atoms with Gasteiger partial charge in [-0.05, 0) is 51.7 Å². The number of nitrogens with one attached hydrogen (secondary N) is 1. The van der Waals surface area contributed by atoms with E-state index in [1.807, 2.05) is 21.0 Å². The van der Waals surface area contributed by atoms with Gasteiger partial charge in [-0.1, -0.05) is 85.6 Å². The molecule has 0 amide bonds. The van der Waals surface area contributed by atoms with Crippen LogP contribution in [0, 0.1) is 26.4 Å². The van der Waals surface area contributed by atoms with Crippen LogP contribution in [0.3, 0.4) is 0 Å². The summed E-state index contributed by atoms with van der Waals surface area (Å²) in [6.07, 6.45) is 2.30. The van der Waals surface area contributed by atoms with E-state index in [4.69, 9.17) is 14.0 Å². The van der Waals surface area contributed by atoms with Crippen molar-refractivity contribution in [1.29, 1.82) is 0 Å². The Labute approximate surface area is 322 Å². The van der Waals surface area contributed by atoms with Crippen LogP contribution in [0.25, 0.3) is 0 Å². The lowest BCUT2D eigenvalue weighted by molar-refractivity contribution is -0.846. The zero-order chi connectivity index (χ0) is 34.6. The molecule has 5 N–H and O–H groups in total. The molecule has 53 heavy (non-hydrogen) atoms. The van der Waals surface area contributed by atoms with Gasteiger partial charge in [-0.3, -0.25) is 33.9 Å². The lowest BCUT2D eigenvalue weighted by atomic mass is 9.63. The van der Waals surface area contributed by atoms with Crippen molar-refractivity contribution in [2.45, 2.75) is 125 Å². The number of carbonyl (C=O) groups excluding carboxylic acids is 4. The van der Waals surface area contributed by atoms with Gasteiger partial charge in [0.25, 0.3) is 13.1 Å². The van der Waals surface area contributed by atoms with Crippen LogP contribution in [0.5, 0.6) is 0 Å². The third-order valence-electron chi connectivity index (χ3n) is 7.95. The average Bonchev–Trinajstić information content (AvgIpc) is 2.97. The minimum Gasteiger partial charge on any atom is -0.465 e. The molecule has 0 aliphatic heterocycles. The van der Waals surface area contributed by atoms with Crippen LogP contribution < -0.4 is 4.90 Å². The van der Waals surface area contributed by atoms with Gasteiger partial charge in [0.15, 0.2) is 6.29 Å². The molecular formula is C38H80N2O12P+. The molecule has 0 bridgehead atoms. The predicted octanol–water partition coefficient (Wildman–Crippen LogP) is 7.05. The summed E-state index contributed by atoms with van der Waals surface area (Å²) in [6, 6.07) is 4.75. The first-order valence-electron chi connectivity index (χ1n) is 15.5. The molecule has 0 heterocycles. The smallest absolute Gasteiger partial charge is 0.311 e. The standard InChI is InChI=1S/C32H51N2O10P.6CH4.2H2O/c1-10-13-18-42-29(38)32(7,21-30(4,5)27(36)26(35)24-14-16-25(17-15-24)34(39)40)22-31(6,11-2)28(37)43-19-20-44-45(41,12-3)23-33(8)9;;;;;;;;/h14-17H,10-13,18-23H2,1-9H3;6*1H4;2*1H2/p+1. The summed E-state index contributed by atoms with van der Waals surface area (Å²) in [7, 11) is 0.883. The van der Waals surface area contributed by atoms with E-state index in [1.165, 1.54) is 12.1 Å². The zero-order valence-electron chi connectivity index (χ0n) is 29.4. The second-order valence-electron chi connectivity index (χ2n) is 13.1. The fraction of sp³-hybridized carbons (Fsp3) is 0.737. The monoisotopic (exact) mass is 788 g/mol. The van der Waals surface area contributed by atoms with Gasteiger partial charge < -0.3 is 29.8 Å². The number of hydrogen-bond acceptors (Lipinski definition) is 10. The van der Waals surface area contributed by atoms with Crippen LogP contribution in [0.2, 0.25) is 0 Å². The number of nitro groups is 1. The molecule has 0 fully saturated rings. The predicted molar refractivity (Wildman–Crippen MR) is 218 cm³/mol. The van der Waals surface area contributed by atoms with Crippen LogP contribution in [-0.4, -0.2) is 85.7 Å². The summed E-state index contributed by atoms with van der Waals surface area (Å²) in [5.41, 5.74) is -4.11. The number of unbranched alkanes of at least 4 members (excludes halogenated alkanes) is 1. The number of Topliss-reactive ketones (excluding diaryl/α,β-unsaturated/α-hetero) is 2. The maximum Gasteiger partial charge on any atom is 0.311 e. The summed E-state index contributed by atoms with van der Waals surface area (Å²) in [6.45, 7) is 11.9. The topological polar surface area (TPSA) is 224 Å². The Balaban J connectivity index is -0.000000422. The second-order valence-corrected chi connectivity index (χ2v) is 16.0. The molecule has 3 unspecified atom stereocenters.